The Morgan fingerprint density at radius 3 is 2.20 bits per heavy atom. The SMILES string of the molecule is O=CNCCCN1c2ccccc2Sc2ccccc21. The number of nitrogens with zero attached hydrogens (tertiary/aromatic N) is 1. The molecule has 0 spiro atoms. The van der Waals surface area contributed by atoms with Gasteiger partial charge in [0.25, 0.3) is 0 Å². The van der Waals surface area contributed by atoms with Crippen molar-refractivity contribution in [3.8, 4) is 0 Å². The van der Waals surface area contributed by atoms with Crippen molar-refractivity contribution in [2.45, 2.75) is 16.2 Å². The third-order valence-electron chi connectivity index (χ3n) is 3.32. The molecular weight excluding hydrogens is 268 g/mol. The first-order chi connectivity index (χ1) is 9.90. The smallest absolute Gasteiger partial charge is 0.207 e. The average Bonchev–Trinajstić information content (AvgIpc) is 2.50. The van der Waals surface area contributed by atoms with Crippen LogP contribution in [0, 0.1) is 0 Å². The zero-order valence-corrected chi connectivity index (χ0v) is 11.9. The van der Waals surface area contributed by atoms with Crippen LogP contribution >= 0.6 is 11.8 Å². The summed E-state index contributed by atoms with van der Waals surface area (Å²) in [5.74, 6) is 0. The standard InChI is InChI=1S/C16H16N2OS/c19-12-17-10-5-11-18-13-6-1-3-8-15(13)20-16-9-4-2-7-14(16)18/h1-4,6-9,12H,5,10-11H2,(H,17,19). The van der Waals surface area contributed by atoms with Crippen LogP contribution in [0.2, 0.25) is 0 Å². The van der Waals surface area contributed by atoms with Crippen molar-refractivity contribution in [3.05, 3.63) is 48.5 Å². The number of hydrogen-bond acceptors (Lipinski definition) is 3. The first-order valence-corrected chi connectivity index (χ1v) is 7.52. The second-order valence-corrected chi connectivity index (χ2v) is 5.70. The van der Waals surface area contributed by atoms with Gasteiger partial charge in [-0.2, -0.15) is 0 Å². The Morgan fingerprint density at radius 1 is 1.00 bits per heavy atom. The van der Waals surface area contributed by atoms with Crippen LogP contribution in [0.1, 0.15) is 6.42 Å². The van der Waals surface area contributed by atoms with Crippen LogP contribution in [0.5, 0.6) is 0 Å². The Hall–Kier alpha value is -1.94. The number of benzene rings is 2. The number of nitrogens with one attached hydrogen (secondary N) is 1. The number of para-hydroxylation sites is 2. The number of carbonyl (C=O) groups is 1. The molecule has 1 amide bonds. The van der Waals surface area contributed by atoms with E-state index in [1.807, 2.05) is 11.8 Å². The highest BCUT2D eigenvalue weighted by atomic mass is 32.2. The molecule has 0 bridgehead atoms. The molecule has 3 rings (SSSR count). The van der Waals surface area contributed by atoms with Crippen molar-refractivity contribution < 1.29 is 4.79 Å². The lowest BCUT2D eigenvalue weighted by molar-refractivity contribution is -0.109. The van der Waals surface area contributed by atoms with E-state index in [-0.39, 0.29) is 0 Å². The van der Waals surface area contributed by atoms with Gasteiger partial charge >= 0.3 is 0 Å². The molecule has 1 N–H and O–H groups in total. The normalized spacial score (nSPS) is 12.5. The Labute approximate surface area is 123 Å². The molecule has 0 atom stereocenters. The molecule has 0 aromatic heterocycles. The summed E-state index contributed by atoms with van der Waals surface area (Å²) in [5, 5.41) is 2.72. The lowest BCUT2D eigenvalue weighted by Crippen LogP contribution is -2.25. The second-order valence-electron chi connectivity index (χ2n) is 4.61. The number of rotatable bonds is 5. The van der Waals surface area contributed by atoms with E-state index < -0.39 is 0 Å². The van der Waals surface area contributed by atoms with E-state index in [2.05, 4.69) is 58.7 Å². The van der Waals surface area contributed by atoms with Crippen molar-refractivity contribution in [1.82, 2.24) is 5.32 Å². The lowest BCUT2D eigenvalue weighted by atomic mass is 10.2. The molecular formula is C16H16N2OS. The van der Waals surface area contributed by atoms with Gasteiger partial charge in [-0.25, -0.2) is 0 Å². The predicted octanol–water partition coefficient (Wildman–Crippen LogP) is 3.43. The average molecular weight is 284 g/mol. The molecule has 4 heteroatoms. The first kappa shape index (κ1) is 13.1. The summed E-state index contributed by atoms with van der Waals surface area (Å²) in [5.41, 5.74) is 2.50. The van der Waals surface area contributed by atoms with E-state index in [4.69, 9.17) is 0 Å². The fourth-order valence-electron chi connectivity index (χ4n) is 2.42. The highest BCUT2D eigenvalue weighted by Gasteiger charge is 2.21. The molecule has 2 aromatic carbocycles. The number of anilines is 2. The van der Waals surface area contributed by atoms with Gasteiger partial charge in [0.2, 0.25) is 6.41 Å². The van der Waals surface area contributed by atoms with Crippen LogP contribution in [-0.4, -0.2) is 19.5 Å². The summed E-state index contributed by atoms with van der Waals surface area (Å²) in [4.78, 5) is 15.2. The van der Waals surface area contributed by atoms with Crippen LogP contribution in [0.3, 0.4) is 0 Å². The molecule has 1 aliphatic rings. The van der Waals surface area contributed by atoms with Gasteiger partial charge in [0.15, 0.2) is 0 Å². The number of fused-ring (bicyclic) bond motifs is 2. The molecule has 1 aliphatic heterocycles. The van der Waals surface area contributed by atoms with Crippen LogP contribution in [-0.2, 0) is 4.79 Å². The maximum Gasteiger partial charge on any atom is 0.207 e. The van der Waals surface area contributed by atoms with Gasteiger partial charge in [0, 0.05) is 22.9 Å². The maximum absolute atomic E-state index is 10.3. The molecule has 0 fully saturated rings. The van der Waals surface area contributed by atoms with Gasteiger partial charge in [-0.3, -0.25) is 4.79 Å². The summed E-state index contributed by atoms with van der Waals surface area (Å²) in [7, 11) is 0. The quantitative estimate of drug-likeness (QED) is 0.674. The second kappa shape index (κ2) is 6.01. The molecule has 0 saturated heterocycles. The molecule has 0 unspecified atom stereocenters. The van der Waals surface area contributed by atoms with E-state index in [1.54, 1.807) is 0 Å². The minimum absolute atomic E-state index is 0.706. The van der Waals surface area contributed by atoms with Gasteiger partial charge in [-0.05, 0) is 30.7 Å². The molecule has 1 heterocycles. The predicted molar refractivity (Wildman–Crippen MR) is 82.7 cm³/mol. The Kier molecular flexibility index (Phi) is 3.92. The van der Waals surface area contributed by atoms with Gasteiger partial charge < -0.3 is 10.2 Å². The van der Waals surface area contributed by atoms with E-state index in [0.29, 0.717) is 6.54 Å². The zero-order valence-electron chi connectivity index (χ0n) is 11.1. The molecule has 0 radical (unpaired) electrons. The molecule has 102 valence electrons. The van der Waals surface area contributed by atoms with Crippen molar-refractivity contribution in [1.29, 1.82) is 0 Å². The summed E-state index contributed by atoms with van der Waals surface area (Å²) in [6, 6.07) is 16.9. The largest absolute Gasteiger partial charge is 0.359 e. The zero-order chi connectivity index (χ0) is 13.8. The summed E-state index contributed by atoms with van der Waals surface area (Å²) < 4.78 is 0. The maximum atomic E-state index is 10.3. The summed E-state index contributed by atoms with van der Waals surface area (Å²) in [6.07, 6.45) is 1.68. The van der Waals surface area contributed by atoms with Crippen LogP contribution in [0.15, 0.2) is 58.3 Å². The van der Waals surface area contributed by atoms with E-state index in [0.717, 1.165) is 19.4 Å². The number of hydrogen-bond donors (Lipinski definition) is 1. The Bertz CT molecular complexity index is 569. The van der Waals surface area contributed by atoms with Crippen molar-refractivity contribution >= 4 is 29.5 Å². The van der Waals surface area contributed by atoms with Gasteiger partial charge in [-0.15, -0.1) is 0 Å². The topological polar surface area (TPSA) is 32.3 Å². The van der Waals surface area contributed by atoms with Crippen molar-refractivity contribution in [2.75, 3.05) is 18.0 Å². The minimum Gasteiger partial charge on any atom is -0.359 e. The fourth-order valence-corrected chi connectivity index (χ4v) is 3.52. The molecule has 20 heavy (non-hydrogen) atoms. The van der Waals surface area contributed by atoms with Gasteiger partial charge in [0.1, 0.15) is 0 Å². The third-order valence-corrected chi connectivity index (χ3v) is 4.45. The molecule has 2 aromatic rings. The molecule has 3 nitrogen and oxygen atoms in total. The lowest BCUT2D eigenvalue weighted by Gasteiger charge is -2.32. The van der Waals surface area contributed by atoms with Crippen LogP contribution in [0.4, 0.5) is 11.4 Å². The highest BCUT2D eigenvalue weighted by molar-refractivity contribution is 7.99. The Balaban J connectivity index is 1.89. The van der Waals surface area contributed by atoms with Crippen LogP contribution in [0.25, 0.3) is 0 Å². The van der Waals surface area contributed by atoms with E-state index in [1.165, 1.54) is 21.2 Å². The summed E-state index contributed by atoms with van der Waals surface area (Å²) >= 11 is 1.82. The minimum atomic E-state index is 0.706. The third kappa shape index (κ3) is 2.51. The molecule has 0 saturated carbocycles. The number of amides is 1. The van der Waals surface area contributed by atoms with E-state index in [9.17, 15) is 4.79 Å². The van der Waals surface area contributed by atoms with Crippen molar-refractivity contribution in [3.63, 3.8) is 0 Å². The summed E-state index contributed by atoms with van der Waals surface area (Å²) in [6.45, 7) is 1.60. The first-order valence-electron chi connectivity index (χ1n) is 6.70. The van der Waals surface area contributed by atoms with Crippen LogP contribution < -0.4 is 10.2 Å². The fraction of sp³-hybridized carbons (Fsp3) is 0.188. The Morgan fingerprint density at radius 2 is 1.60 bits per heavy atom. The number of carbonyl (C=O) groups excluding carboxylic acids is 1. The van der Waals surface area contributed by atoms with Crippen molar-refractivity contribution in [2.24, 2.45) is 0 Å². The highest BCUT2D eigenvalue weighted by Crippen LogP contribution is 2.47. The molecule has 0 aliphatic carbocycles. The van der Waals surface area contributed by atoms with Gasteiger partial charge in [0.05, 0.1) is 11.4 Å². The van der Waals surface area contributed by atoms with Gasteiger partial charge in [-0.1, -0.05) is 36.0 Å². The van der Waals surface area contributed by atoms with E-state index >= 15 is 0 Å². The monoisotopic (exact) mass is 284 g/mol.